The van der Waals surface area contributed by atoms with E-state index in [9.17, 15) is 13.2 Å². The predicted molar refractivity (Wildman–Crippen MR) is 76.7 cm³/mol. The van der Waals surface area contributed by atoms with Crippen molar-refractivity contribution in [3.05, 3.63) is 52.8 Å². The van der Waals surface area contributed by atoms with Crippen LogP contribution in [0.4, 0.5) is 13.2 Å². The van der Waals surface area contributed by atoms with Gasteiger partial charge < -0.3 is 10.5 Å². The Morgan fingerprint density at radius 1 is 1.24 bits per heavy atom. The molecule has 1 heterocycles. The number of hydrogen-bond acceptors (Lipinski definition) is 3. The van der Waals surface area contributed by atoms with Crippen molar-refractivity contribution in [3.63, 3.8) is 0 Å². The van der Waals surface area contributed by atoms with Gasteiger partial charge in [-0.25, -0.2) is 0 Å². The van der Waals surface area contributed by atoms with E-state index in [1.54, 1.807) is 0 Å². The molecule has 21 heavy (non-hydrogen) atoms. The highest BCUT2D eigenvalue weighted by Gasteiger charge is 2.31. The van der Waals surface area contributed by atoms with Gasteiger partial charge in [0.05, 0.1) is 22.3 Å². The number of halogens is 4. The summed E-state index contributed by atoms with van der Waals surface area (Å²) in [5.41, 5.74) is 4.58. The molecule has 1 aromatic heterocycles. The lowest BCUT2D eigenvalue weighted by atomic mass is 10.1. The predicted octanol–water partition coefficient (Wildman–Crippen LogP) is 4.18. The van der Waals surface area contributed by atoms with E-state index in [4.69, 9.17) is 34.3 Å². The molecule has 0 saturated carbocycles. The van der Waals surface area contributed by atoms with Gasteiger partial charge >= 0.3 is 6.18 Å². The molecule has 2 N–H and O–H groups in total. The standard InChI is InChI=1S/C13H8ClF3N2OS/c14-8-4-9(6-19-5-8)20-11-2-1-7(13(15,16)17)3-10(11)12(18)21/h1-6H,(H2,18,21). The lowest BCUT2D eigenvalue weighted by Crippen LogP contribution is -2.13. The summed E-state index contributed by atoms with van der Waals surface area (Å²) < 4.78 is 43.5. The molecule has 0 saturated heterocycles. The zero-order chi connectivity index (χ0) is 15.6. The minimum Gasteiger partial charge on any atom is -0.455 e. The third kappa shape index (κ3) is 3.83. The lowest BCUT2D eigenvalue weighted by molar-refractivity contribution is -0.137. The number of ether oxygens (including phenoxy) is 1. The fraction of sp³-hybridized carbons (Fsp3) is 0.0769. The molecular formula is C13H8ClF3N2OS. The highest BCUT2D eigenvalue weighted by molar-refractivity contribution is 7.80. The minimum absolute atomic E-state index is 0.0141. The molecule has 2 rings (SSSR count). The molecule has 0 unspecified atom stereocenters. The quantitative estimate of drug-likeness (QED) is 0.857. The molecule has 110 valence electrons. The van der Waals surface area contributed by atoms with Gasteiger partial charge in [-0.15, -0.1) is 0 Å². The number of pyridine rings is 1. The molecule has 0 aliphatic heterocycles. The summed E-state index contributed by atoms with van der Waals surface area (Å²) in [5, 5.41) is 0.330. The maximum absolute atomic E-state index is 12.7. The SMILES string of the molecule is NC(=S)c1cc(C(F)(F)F)ccc1Oc1cncc(Cl)c1. The van der Waals surface area contributed by atoms with Crippen LogP contribution in [0.15, 0.2) is 36.7 Å². The highest BCUT2D eigenvalue weighted by Crippen LogP contribution is 2.34. The zero-order valence-electron chi connectivity index (χ0n) is 10.3. The van der Waals surface area contributed by atoms with Crippen molar-refractivity contribution >= 4 is 28.8 Å². The van der Waals surface area contributed by atoms with Crippen LogP contribution in [-0.2, 0) is 6.18 Å². The Balaban J connectivity index is 2.42. The van der Waals surface area contributed by atoms with Gasteiger partial charge in [-0.1, -0.05) is 23.8 Å². The van der Waals surface area contributed by atoms with Crippen LogP contribution in [0.3, 0.4) is 0 Å². The summed E-state index contributed by atoms with van der Waals surface area (Å²) in [4.78, 5) is 3.61. The Bertz CT molecular complexity index is 691. The van der Waals surface area contributed by atoms with Gasteiger partial charge in [0.1, 0.15) is 16.5 Å². The normalized spacial score (nSPS) is 11.2. The topological polar surface area (TPSA) is 48.1 Å². The molecule has 3 nitrogen and oxygen atoms in total. The van der Waals surface area contributed by atoms with Crippen LogP contribution in [0.1, 0.15) is 11.1 Å². The smallest absolute Gasteiger partial charge is 0.416 e. The van der Waals surface area contributed by atoms with Crippen LogP contribution in [0.25, 0.3) is 0 Å². The second-order valence-corrected chi connectivity index (χ2v) is 4.89. The Hall–Kier alpha value is -1.86. The van der Waals surface area contributed by atoms with E-state index in [1.807, 2.05) is 0 Å². The zero-order valence-corrected chi connectivity index (χ0v) is 11.9. The number of alkyl halides is 3. The van der Waals surface area contributed by atoms with Crippen molar-refractivity contribution < 1.29 is 17.9 Å². The van der Waals surface area contributed by atoms with Crippen molar-refractivity contribution in [3.8, 4) is 11.5 Å². The molecule has 0 radical (unpaired) electrons. The average molecular weight is 333 g/mol. The van der Waals surface area contributed by atoms with Crippen LogP contribution >= 0.6 is 23.8 Å². The molecule has 0 amide bonds. The third-order valence-electron chi connectivity index (χ3n) is 2.48. The van der Waals surface area contributed by atoms with Crippen LogP contribution in [0, 0.1) is 0 Å². The highest BCUT2D eigenvalue weighted by atomic mass is 35.5. The van der Waals surface area contributed by atoms with Crippen molar-refractivity contribution in [2.75, 3.05) is 0 Å². The number of aromatic nitrogens is 1. The van der Waals surface area contributed by atoms with Gasteiger partial charge in [-0.2, -0.15) is 13.2 Å². The maximum atomic E-state index is 12.7. The van der Waals surface area contributed by atoms with Gasteiger partial charge in [0.2, 0.25) is 0 Å². The Kier molecular flexibility index (Phi) is 4.34. The van der Waals surface area contributed by atoms with E-state index in [-0.39, 0.29) is 22.1 Å². The number of nitrogens with zero attached hydrogens (tertiary/aromatic N) is 1. The summed E-state index contributed by atoms with van der Waals surface area (Å²) in [5.74, 6) is 0.360. The summed E-state index contributed by atoms with van der Waals surface area (Å²) >= 11 is 10.5. The summed E-state index contributed by atoms with van der Waals surface area (Å²) in [6.45, 7) is 0. The molecule has 8 heteroatoms. The number of thiocarbonyl (C=S) groups is 1. The van der Waals surface area contributed by atoms with E-state index in [1.165, 1.54) is 18.5 Å². The van der Waals surface area contributed by atoms with Gasteiger partial charge in [0.15, 0.2) is 0 Å². The number of nitrogens with two attached hydrogens (primary N) is 1. The van der Waals surface area contributed by atoms with E-state index in [2.05, 4.69) is 4.98 Å². The molecule has 0 aliphatic rings. The van der Waals surface area contributed by atoms with Gasteiger partial charge in [-0.05, 0) is 18.2 Å². The molecule has 2 aromatic rings. The first-order chi connectivity index (χ1) is 9.77. The van der Waals surface area contributed by atoms with Crippen LogP contribution in [0.5, 0.6) is 11.5 Å². The van der Waals surface area contributed by atoms with Crippen molar-refractivity contribution in [1.29, 1.82) is 0 Å². The molecule has 1 aromatic carbocycles. The number of benzene rings is 1. The van der Waals surface area contributed by atoms with E-state index < -0.39 is 11.7 Å². The molecule has 0 bridgehead atoms. The first kappa shape index (κ1) is 15.5. The van der Waals surface area contributed by atoms with Crippen LogP contribution in [-0.4, -0.2) is 9.97 Å². The van der Waals surface area contributed by atoms with Crippen LogP contribution < -0.4 is 10.5 Å². The number of hydrogen-bond donors (Lipinski definition) is 1. The van der Waals surface area contributed by atoms with Gasteiger partial charge in [-0.3, -0.25) is 4.98 Å². The van der Waals surface area contributed by atoms with E-state index in [0.29, 0.717) is 5.02 Å². The fourth-order valence-corrected chi connectivity index (χ4v) is 1.89. The van der Waals surface area contributed by atoms with Crippen molar-refractivity contribution in [1.82, 2.24) is 4.98 Å². The van der Waals surface area contributed by atoms with E-state index >= 15 is 0 Å². The van der Waals surface area contributed by atoms with Crippen molar-refractivity contribution in [2.45, 2.75) is 6.18 Å². The van der Waals surface area contributed by atoms with Gasteiger partial charge in [0.25, 0.3) is 0 Å². The fourth-order valence-electron chi connectivity index (χ4n) is 1.56. The summed E-state index contributed by atoms with van der Waals surface area (Å²) in [7, 11) is 0. The Morgan fingerprint density at radius 2 is 1.95 bits per heavy atom. The number of rotatable bonds is 3. The van der Waals surface area contributed by atoms with Gasteiger partial charge in [0, 0.05) is 12.3 Å². The minimum atomic E-state index is -4.49. The summed E-state index contributed by atoms with van der Waals surface area (Å²) in [6, 6.07) is 4.35. The first-order valence-corrected chi connectivity index (χ1v) is 6.35. The van der Waals surface area contributed by atoms with Crippen LogP contribution in [0.2, 0.25) is 5.02 Å². The Morgan fingerprint density at radius 3 is 2.52 bits per heavy atom. The van der Waals surface area contributed by atoms with E-state index in [0.717, 1.165) is 18.2 Å². The largest absolute Gasteiger partial charge is 0.455 e. The summed E-state index contributed by atoms with van der Waals surface area (Å²) in [6.07, 6.45) is -1.72. The monoisotopic (exact) mass is 332 g/mol. The molecule has 0 atom stereocenters. The molecular weight excluding hydrogens is 325 g/mol. The van der Waals surface area contributed by atoms with Crippen molar-refractivity contribution in [2.24, 2.45) is 5.73 Å². The lowest BCUT2D eigenvalue weighted by Gasteiger charge is -2.13. The molecule has 0 spiro atoms. The maximum Gasteiger partial charge on any atom is 0.416 e. The molecule has 0 aliphatic carbocycles. The molecule has 0 fully saturated rings. The second kappa shape index (κ2) is 5.87. The second-order valence-electron chi connectivity index (χ2n) is 4.01. The third-order valence-corrected chi connectivity index (χ3v) is 2.91. The Labute approximate surface area is 128 Å². The first-order valence-electron chi connectivity index (χ1n) is 5.57. The average Bonchev–Trinajstić information content (AvgIpc) is 2.37.